The number of aryl methyl sites for hydroxylation is 1. The van der Waals surface area contributed by atoms with Crippen LogP contribution in [0.4, 0.5) is 5.82 Å². The number of nitrogens with zero attached hydrogens (tertiary/aromatic N) is 6. The summed E-state index contributed by atoms with van der Waals surface area (Å²) in [6, 6.07) is 0.627. The number of imidazole rings is 1. The number of rotatable bonds is 4. The van der Waals surface area contributed by atoms with Gasteiger partial charge >= 0.3 is 0 Å². The lowest BCUT2D eigenvalue weighted by Crippen LogP contribution is -2.41. The smallest absolute Gasteiger partial charge is 0.135 e. The molecule has 7 heteroatoms. The molecule has 0 saturated carbocycles. The maximum Gasteiger partial charge on any atom is 0.135 e. The van der Waals surface area contributed by atoms with E-state index in [9.17, 15) is 0 Å². The second kappa shape index (κ2) is 7.36. The summed E-state index contributed by atoms with van der Waals surface area (Å²) in [5.74, 6) is 2.17. The van der Waals surface area contributed by atoms with Gasteiger partial charge in [0, 0.05) is 48.5 Å². The summed E-state index contributed by atoms with van der Waals surface area (Å²) < 4.78 is 0. The first-order valence-corrected chi connectivity index (χ1v) is 11.0. The Hall–Kier alpha value is -1.99. The first-order chi connectivity index (χ1) is 14.0. The minimum Gasteiger partial charge on any atom is -0.355 e. The molecule has 0 unspecified atom stereocenters. The maximum absolute atomic E-state index is 5.03. The van der Waals surface area contributed by atoms with Crippen LogP contribution in [0.2, 0.25) is 0 Å². The first kappa shape index (κ1) is 19.0. The molecule has 2 fully saturated rings. The van der Waals surface area contributed by atoms with E-state index in [1.54, 1.807) is 6.33 Å². The van der Waals surface area contributed by atoms with Crippen LogP contribution in [0.15, 0.2) is 12.5 Å². The Morgan fingerprint density at radius 3 is 2.69 bits per heavy atom. The molecule has 7 nitrogen and oxygen atoms in total. The molecule has 0 radical (unpaired) electrons. The molecule has 2 aliphatic heterocycles. The van der Waals surface area contributed by atoms with Crippen molar-refractivity contribution in [1.82, 2.24) is 29.7 Å². The summed E-state index contributed by atoms with van der Waals surface area (Å²) in [5.41, 5.74) is 4.27. The molecule has 1 aliphatic carbocycles. The first-order valence-electron chi connectivity index (χ1n) is 11.0. The van der Waals surface area contributed by atoms with Gasteiger partial charge < -0.3 is 14.8 Å². The van der Waals surface area contributed by atoms with E-state index in [0.29, 0.717) is 6.04 Å². The lowest BCUT2D eigenvalue weighted by atomic mass is 9.76. The third-order valence-electron chi connectivity index (χ3n) is 7.41. The molecular weight excluding hydrogens is 362 g/mol. The van der Waals surface area contributed by atoms with Gasteiger partial charge in [0.1, 0.15) is 11.6 Å². The molecule has 1 spiro atoms. The number of hydrogen-bond acceptors (Lipinski definition) is 6. The third kappa shape index (κ3) is 3.44. The molecule has 0 bridgehead atoms. The largest absolute Gasteiger partial charge is 0.355 e. The zero-order chi connectivity index (χ0) is 20.0. The number of likely N-dealkylation sites (tertiary alicyclic amines) is 1. The van der Waals surface area contributed by atoms with Crippen LogP contribution in [0, 0.1) is 6.92 Å². The molecule has 5 rings (SSSR count). The number of aromatic nitrogens is 4. The maximum atomic E-state index is 5.03. The van der Waals surface area contributed by atoms with E-state index in [1.165, 1.54) is 48.5 Å². The van der Waals surface area contributed by atoms with Crippen molar-refractivity contribution < 1.29 is 0 Å². The molecule has 2 saturated heterocycles. The van der Waals surface area contributed by atoms with E-state index in [-0.39, 0.29) is 5.41 Å². The van der Waals surface area contributed by atoms with E-state index in [4.69, 9.17) is 9.97 Å². The van der Waals surface area contributed by atoms with Crippen LogP contribution < -0.4 is 4.90 Å². The number of likely N-dealkylation sites (N-methyl/N-ethyl adjacent to an activating group) is 1. The summed E-state index contributed by atoms with van der Waals surface area (Å²) in [6.45, 7) is 7.49. The topological polar surface area (TPSA) is 64.2 Å². The molecule has 156 valence electrons. The van der Waals surface area contributed by atoms with E-state index in [2.05, 4.69) is 45.7 Å². The molecule has 0 amide bonds. The van der Waals surface area contributed by atoms with Crippen LogP contribution in [0.3, 0.4) is 0 Å². The Bertz CT molecular complexity index is 852. The van der Waals surface area contributed by atoms with Crippen molar-refractivity contribution in [2.45, 2.75) is 57.0 Å². The number of hydrogen-bond donors (Lipinski definition) is 1. The van der Waals surface area contributed by atoms with Gasteiger partial charge in [-0.2, -0.15) is 0 Å². The molecule has 1 atom stereocenters. The zero-order valence-corrected chi connectivity index (χ0v) is 18.0. The van der Waals surface area contributed by atoms with Crippen LogP contribution in [-0.2, 0) is 18.4 Å². The molecule has 1 N–H and O–H groups in total. The molecule has 0 aromatic carbocycles. The van der Waals surface area contributed by atoms with Crippen LogP contribution in [0.1, 0.15) is 48.5 Å². The number of fused-ring (bicyclic) bond motifs is 2. The van der Waals surface area contributed by atoms with Gasteiger partial charge in [0.15, 0.2) is 0 Å². The summed E-state index contributed by atoms with van der Waals surface area (Å²) in [6.07, 6.45) is 9.70. The predicted octanol–water partition coefficient (Wildman–Crippen LogP) is 2.13. The fourth-order valence-electron chi connectivity index (χ4n) is 5.59. The Morgan fingerprint density at radius 2 is 2.00 bits per heavy atom. The van der Waals surface area contributed by atoms with Gasteiger partial charge in [-0.3, -0.25) is 4.90 Å². The Kier molecular flexibility index (Phi) is 4.82. The van der Waals surface area contributed by atoms with Crippen molar-refractivity contribution in [3.63, 3.8) is 0 Å². The van der Waals surface area contributed by atoms with E-state index in [0.717, 1.165) is 45.0 Å². The van der Waals surface area contributed by atoms with Crippen molar-refractivity contribution in [2.75, 3.05) is 45.2 Å². The van der Waals surface area contributed by atoms with Crippen LogP contribution >= 0.6 is 0 Å². The van der Waals surface area contributed by atoms with E-state index < -0.39 is 0 Å². The van der Waals surface area contributed by atoms with Gasteiger partial charge in [-0.25, -0.2) is 15.0 Å². The standard InChI is InChI=1S/C22H33N7/c1-16-25-20-19(21(26-16)29-9-5-18(14-29)27(2)3)4-6-22(20)7-10-28(11-8-22)13-17-12-23-15-24-17/h12,15,18H,4-11,13-14H2,1-3H3,(H,23,24)/t18-/m0/s1. The minimum absolute atomic E-state index is 0.253. The molecule has 2 aromatic rings. The quantitative estimate of drug-likeness (QED) is 0.856. The van der Waals surface area contributed by atoms with Gasteiger partial charge in [-0.15, -0.1) is 0 Å². The summed E-state index contributed by atoms with van der Waals surface area (Å²) in [4.78, 5) is 24.8. The third-order valence-corrected chi connectivity index (χ3v) is 7.41. The van der Waals surface area contributed by atoms with E-state index >= 15 is 0 Å². The predicted molar refractivity (Wildman–Crippen MR) is 114 cm³/mol. The normalized spacial score (nSPS) is 24.0. The minimum atomic E-state index is 0.253. The lowest BCUT2D eigenvalue weighted by Gasteiger charge is -2.39. The highest BCUT2D eigenvalue weighted by Gasteiger charge is 2.44. The molecule has 4 heterocycles. The number of aromatic amines is 1. The Morgan fingerprint density at radius 1 is 1.17 bits per heavy atom. The summed E-state index contributed by atoms with van der Waals surface area (Å²) in [5, 5.41) is 0. The summed E-state index contributed by atoms with van der Waals surface area (Å²) in [7, 11) is 4.38. The monoisotopic (exact) mass is 395 g/mol. The molecule has 2 aromatic heterocycles. The van der Waals surface area contributed by atoms with Gasteiger partial charge in [0.05, 0.1) is 12.0 Å². The molecule has 3 aliphatic rings. The summed E-state index contributed by atoms with van der Waals surface area (Å²) >= 11 is 0. The second-order valence-corrected chi connectivity index (χ2v) is 9.41. The fraction of sp³-hybridized carbons (Fsp3) is 0.682. The van der Waals surface area contributed by atoms with Crippen molar-refractivity contribution in [2.24, 2.45) is 0 Å². The van der Waals surface area contributed by atoms with Gasteiger partial charge in [0.25, 0.3) is 0 Å². The fourth-order valence-corrected chi connectivity index (χ4v) is 5.59. The second-order valence-electron chi connectivity index (χ2n) is 9.41. The van der Waals surface area contributed by atoms with Crippen molar-refractivity contribution in [1.29, 1.82) is 0 Å². The van der Waals surface area contributed by atoms with Crippen LogP contribution in [0.5, 0.6) is 0 Å². The Labute approximate surface area is 173 Å². The molecular formula is C22H33N7. The highest BCUT2D eigenvalue weighted by Crippen LogP contribution is 2.48. The zero-order valence-electron chi connectivity index (χ0n) is 18.0. The SMILES string of the molecule is Cc1nc(N2CC[C@H](N(C)C)C2)c2c(n1)C1(CC2)CCN(Cc2cnc[nH]2)CC1. The van der Waals surface area contributed by atoms with Gasteiger partial charge in [0.2, 0.25) is 0 Å². The number of anilines is 1. The van der Waals surface area contributed by atoms with Gasteiger partial charge in [-0.05, 0) is 66.2 Å². The van der Waals surface area contributed by atoms with Crippen molar-refractivity contribution in [3.8, 4) is 0 Å². The van der Waals surface area contributed by atoms with Crippen LogP contribution in [-0.4, -0.2) is 76.1 Å². The van der Waals surface area contributed by atoms with Crippen LogP contribution in [0.25, 0.3) is 0 Å². The number of nitrogens with one attached hydrogen (secondary N) is 1. The average Bonchev–Trinajstić information content (AvgIpc) is 3.45. The average molecular weight is 396 g/mol. The highest BCUT2D eigenvalue weighted by atomic mass is 15.3. The van der Waals surface area contributed by atoms with Crippen molar-refractivity contribution >= 4 is 5.82 Å². The van der Waals surface area contributed by atoms with Crippen molar-refractivity contribution in [3.05, 3.63) is 35.3 Å². The lowest BCUT2D eigenvalue weighted by molar-refractivity contribution is 0.148. The van der Waals surface area contributed by atoms with Gasteiger partial charge in [-0.1, -0.05) is 0 Å². The Balaban J connectivity index is 1.36. The highest BCUT2D eigenvalue weighted by molar-refractivity contribution is 5.55. The molecule has 29 heavy (non-hydrogen) atoms. The number of H-pyrrole nitrogens is 1. The number of piperidine rings is 1. The van der Waals surface area contributed by atoms with E-state index in [1.807, 2.05) is 6.20 Å².